The predicted molar refractivity (Wildman–Crippen MR) is 64.3 cm³/mol. The van der Waals surface area contributed by atoms with Gasteiger partial charge in [-0.25, -0.2) is 4.79 Å². The Labute approximate surface area is 106 Å². The molecule has 0 bridgehead atoms. The number of hydrogen-bond donors (Lipinski definition) is 2. The summed E-state index contributed by atoms with van der Waals surface area (Å²) in [5, 5.41) is 19.2. The van der Waals surface area contributed by atoms with Crippen molar-refractivity contribution in [2.24, 2.45) is 0 Å². The molecule has 0 saturated heterocycles. The molecule has 0 unspecified atom stereocenters. The van der Waals surface area contributed by atoms with Crippen molar-refractivity contribution in [3.63, 3.8) is 0 Å². The molecular weight excluding hydrogens is 248 g/mol. The molecule has 0 aliphatic carbocycles. The Morgan fingerprint density at radius 3 is 2.63 bits per heavy atom. The van der Waals surface area contributed by atoms with E-state index in [1.54, 1.807) is 24.4 Å². The molecule has 7 nitrogen and oxygen atoms in total. The Hall–Kier alpha value is -2.96. The van der Waals surface area contributed by atoms with Crippen LogP contribution in [0, 0.1) is 0 Å². The lowest BCUT2D eigenvalue weighted by molar-refractivity contribution is 0.0697. The van der Waals surface area contributed by atoms with Crippen molar-refractivity contribution >= 4 is 5.97 Å². The lowest BCUT2D eigenvalue weighted by Crippen LogP contribution is -1.95. The van der Waals surface area contributed by atoms with Gasteiger partial charge in [-0.3, -0.25) is 5.10 Å². The maximum atomic E-state index is 10.7. The van der Waals surface area contributed by atoms with Crippen LogP contribution in [0.3, 0.4) is 0 Å². The number of benzene rings is 1. The number of aromatic amines is 1. The van der Waals surface area contributed by atoms with Crippen molar-refractivity contribution in [1.29, 1.82) is 0 Å². The van der Waals surface area contributed by atoms with Gasteiger partial charge in [0, 0.05) is 11.8 Å². The number of nitrogens with one attached hydrogen (secondary N) is 1. The van der Waals surface area contributed by atoms with Gasteiger partial charge in [0.2, 0.25) is 5.82 Å². The molecule has 0 saturated carbocycles. The fraction of sp³-hybridized carbons (Fsp3) is 0. The van der Waals surface area contributed by atoms with Crippen molar-refractivity contribution < 1.29 is 14.4 Å². The number of nitrogens with zero attached hydrogens (tertiary/aromatic N) is 3. The molecule has 94 valence electrons. The largest absolute Gasteiger partial charge is 0.478 e. The van der Waals surface area contributed by atoms with Crippen LogP contribution in [0.5, 0.6) is 0 Å². The van der Waals surface area contributed by atoms with Gasteiger partial charge < -0.3 is 9.63 Å². The standard InChI is InChI=1S/C12H8N4O3/c17-12(18)8-3-1-7(2-4-8)10-14-11(19-16-10)9-5-6-13-15-9/h1-6H,(H,13,15)(H,17,18). The van der Waals surface area contributed by atoms with Crippen LogP contribution in [-0.4, -0.2) is 31.4 Å². The number of carboxylic acid groups (broad SMARTS) is 1. The van der Waals surface area contributed by atoms with Crippen LogP contribution in [-0.2, 0) is 0 Å². The third-order valence-corrected chi connectivity index (χ3v) is 2.55. The minimum Gasteiger partial charge on any atom is -0.478 e. The molecule has 2 N–H and O–H groups in total. The van der Waals surface area contributed by atoms with Gasteiger partial charge in [-0.2, -0.15) is 10.1 Å². The van der Waals surface area contributed by atoms with Gasteiger partial charge in [0.25, 0.3) is 5.89 Å². The van der Waals surface area contributed by atoms with Crippen LogP contribution in [0.2, 0.25) is 0 Å². The third kappa shape index (κ3) is 2.08. The highest BCUT2D eigenvalue weighted by Gasteiger charge is 2.12. The summed E-state index contributed by atoms with van der Waals surface area (Å²) in [5.41, 5.74) is 1.52. The van der Waals surface area contributed by atoms with Gasteiger partial charge in [0.05, 0.1) is 5.56 Å². The monoisotopic (exact) mass is 256 g/mol. The zero-order valence-corrected chi connectivity index (χ0v) is 9.57. The number of carboxylic acids is 1. The predicted octanol–water partition coefficient (Wildman–Crippen LogP) is 1.82. The number of rotatable bonds is 3. The lowest BCUT2D eigenvalue weighted by atomic mass is 10.1. The van der Waals surface area contributed by atoms with E-state index in [1.165, 1.54) is 12.1 Å². The quantitative estimate of drug-likeness (QED) is 0.740. The van der Waals surface area contributed by atoms with E-state index in [1.807, 2.05) is 0 Å². The molecule has 3 rings (SSSR count). The molecule has 1 aromatic carbocycles. The fourth-order valence-electron chi connectivity index (χ4n) is 1.59. The summed E-state index contributed by atoms with van der Waals surface area (Å²) in [6.45, 7) is 0. The number of aromatic carboxylic acids is 1. The zero-order chi connectivity index (χ0) is 13.2. The summed E-state index contributed by atoms with van der Waals surface area (Å²) in [6, 6.07) is 7.95. The van der Waals surface area contributed by atoms with E-state index in [2.05, 4.69) is 20.3 Å². The van der Waals surface area contributed by atoms with E-state index in [9.17, 15) is 4.79 Å². The molecule has 0 amide bonds. The minimum atomic E-state index is -0.974. The van der Waals surface area contributed by atoms with Crippen LogP contribution in [0.15, 0.2) is 41.1 Å². The normalized spacial score (nSPS) is 10.5. The highest BCUT2D eigenvalue weighted by atomic mass is 16.5. The molecule has 0 aliphatic rings. The number of carbonyl (C=O) groups is 1. The Morgan fingerprint density at radius 2 is 2.00 bits per heavy atom. The fourth-order valence-corrected chi connectivity index (χ4v) is 1.59. The van der Waals surface area contributed by atoms with Crippen LogP contribution in [0.4, 0.5) is 0 Å². The zero-order valence-electron chi connectivity index (χ0n) is 9.57. The van der Waals surface area contributed by atoms with Crippen molar-refractivity contribution in [3.8, 4) is 23.0 Å². The summed E-state index contributed by atoms with van der Waals surface area (Å²) in [6.07, 6.45) is 1.58. The topological polar surface area (TPSA) is 105 Å². The SMILES string of the molecule is O=C(O)c1ccc(-c2noc(-c3ccn[nH]3)n2)cc1. The van der Waals surface area contributed by atoms with Crippen molar-refractivity contribution in [1.82, 2.24) is 20.3 Å². The Bertz CT molecular complexity index is 701. The lowest BCUT2D eigenvalue weighted by Gasteiger charge is -1.95. The van der Waals surface area contributed by atoms with Crippen molar-refractivity contribution in [2.75, 3.05) is 0 Å². The molecule has 0 atom stereocenters. The Morgan fingerprint density at radius 1 is 1.21 bits per heavy atom. The van der Waals surface area contributed by atoms with E-state index in [4.69, 9.17) is 9.63 Å². The van der Waals surface area contributed by atoms with E-state index in [-0.39, 0.29) is 5.56 Å². The minimum absolute atomic E-state index is 0.209. The van der Waals surface area contributed by atoms with E-state index in [0.717, 1.165) is 0 Å². The molecule has 3 aromatic rings. The average Bonchev–Trinajstić information content (AvgIpc) is 3.10. The Balaban J connectivity index is 1.92. The second-order valence-electron chi connectivity index (χ2n) is 3.78. The molecule has 0 fully saturated rings. The first-order chi connectivity index (χ1) is 9.24. The molecule has 2 heterocycles. The molecular formula is C12H8N4O3. The maximum absolute atomic E-state index is 10.7. The van der Waals surface area contributed by atoms with Crippen molar-refractivity contribution in [2.45, 2.75) is 0 Å². The van der Waals surface area contributed by atoms with Crippen LogP contribution in [0.25, 0.3) is 23.0 Å². The van der Waals surface area contributed by atoms with Gasteiger partial charge >= 0.3 is 5.97 Å². The summed E-state index contributed by atoms with van der Waals surface area (Å²) >= 11 is 0. The van der Waals surface area contributed by atoms with Gasteiger partial charge in [0.1, 0.15) is 5.69 Å². The molecule has 0 radical (unpaired) electrons. The molecule has 0 aliphatic heterocycles. The molecule has 0 spiro atoms. The second-order valence-corrected chi connectivity index (χ2v) is 3.78. The van der Waals surface area contributed by atoms with Crippen LogP contribution in [0.1, 0.15) is 10.4 Å². The highest BCUT2D eigenvalue weighted by Crippen LogP contribution is 2.20. The van der Waals surface area contributed by atoms with Crippen LogP contribution < -0.4 is 0 Å². The smallest absolute Gasteiger partial charge is 0.335 e. The summed E-state index contributed by atoms with van der Waals surface area (Å²) in [5.74, 6) is -0.255. The Kier molecular flexibility index (Phi) is 2.57. The number of hydrogen-bond acceptors (Lipinski definition) is 5. The summed E-state index contributed by atoms with van der Waals surface area (Å²) in [4.78, 5) is 14.9. The third-order valence-electron chi connectivity index (χ3n) is 2.55. The van der Waals surface area contributed by atoms with Gasteiger partial charge in [-0.1, -0.05) is 17.3 Å². The molecule has 19 heavy (non-hydrogen) atoms. The first-order valence-corrected chi connectivity index (χ1v) is 5.41. The van der Waals surface area contributed by atoms with E-state index < -0.39 is 5.97 Å². The van der Waals surface area contributed by atoms with Gasteiger partial charge in [0.15, 0.2) is 0 Å². The molecule has 7 heteroatoms. The van der Waals surface area contributed by atoms with E-state index in [0.29, 0.717) is 23.0 Å². The second kappa shape index (κ2) is 4.37. The first kappa shape index (κ1) is 11.1. The summed E-state index contributed by atoms with van der Waals surface area (Å²) in [7, 11) is 0. The van der Waals surface area contributed by atoms with Gasteiger partial charge in [-0.15, -0.1) is 0 Å². The van der Waals surface area contributed by atoms with Crippen LogP contribution >= 0.6 is 0 Å². The average molecular weight is 256 g/mol. The number of aromatic nitrogens is 4. The van der Waals surface area contributed by atoms with Gasteiger partial charge in [-0.05, 0) is 18.2 Å². The maximum Gasteiger partial charge on any atom is 0.335 e. The molecule has 2 aromatic heterocycles. The first-order valence-electron chi connectivity index (χ1n) is 5.41. The highest BCUT2D eigenvalue weighted by molar-refractivity contribution is 5.88. The number of H-pyrrole nitrogens is 1. The summed E-state index contributed by atoms with van der Waals surface area (Å²) < 4.78 is 5.09. The van der Waals surface area contributed by atoms with Crippen molar-refractivity contribution in [3.05, 3.63) is 42.1 Å². The van der Waals surface area contributed by atoms with E-state index >= 15 is 0 Å².